The van der Waals surface area contributed by atoms with E-state index in [1.807, 2.05) is 13.8 Å². The molecule has 4 heteroatoms. The Bertz CT molecular complexity index is 273. The Balaban J connectivity index is 3.02. The van der Waals surface area contributed by atoms with Gasteiger partial charge in [-0.05, 0) is 0 Å². The molecule has 1 aromatic heterocycles. The number of alkyl halides is 1. The standard InChI is InChI=1S/C8H12BrN3/c1-5(2)8-11-4-6(3-9)7(10)12-8/h4-5H,3H2,1-2H3,(H2,10,11,12). The second-order valence-electron chi connectivity index (χ2n) is 2.93. The SMILES string of the molecule is CC(C)c1ncc(CBr)c(N)n1. The molecule has 0 radical (unpaired) electrons. The zero-order valence-electron chi connectivity index (χ0n) is 7.21. The van der Waals surface area contributed by atoms with Gasteiger partial charge in [0.2, 0.25) is 0 Å². The van der Waals surface area contributed by atoms with Gasteiger partial charge in [-0.25, -0.2) is 9.97 Å². The van der Waals surface area contributed by atoms with Crippen LogP contribution < -0.4 is 5.73 Å². The fourth-order valence-electron chi connectivity index (χ4n) is 0.815. The highest BCUT2D eigenvalue weighted by Gasteiger charge is 2.05. The van der Waals surface area contributed by atoms with Crippen LogP contribution in [0, 0.1) is 0 Å². The van der Waals surface area contributed by atoms with Crippen molar-refractivity contribution in [2.45, 2.75) is 25.1 Å². The molecule has 0 aliphatic heterocycles. The van der Waals surface area contributed by atoms with E-state index in [-0.39, 0.29) is 0 Å². The second-order valence-corrected chi connectivity index (χ2v) is 3.49. The summed E-state index contributed by atoms with van der Waals surface area (Å²) in [7, 11) is 0. The average Bonchev–Trinajstić information content (AvgIpc) is 2.04. The van der Waals surface area contributed by atoms with Gasteiger partial charge in [-0.2, -0.15) is 0 Å². The molecule has 0 bridgehead atoms. The molecule has 0 saturated carbocycles. The fraction of sp³-hybridized carbons (Fsp3) is 0.500. The highest BCUT2D eigenvalue weighted by molar-refractivity contribution is 9.08. The van der Waals surface area contributed by atoms with Crippen LogP contribution in [-0.2, 0) is 5.33 Å². The van der Waals surface area contributed by atoms with Gasteiger partial charge in [0.05, 0.1) is 0 Å². The first kappa shape index (κ1) is 9.45. The van der Waals surface area contributed by atoms with E-state index < -0.39 is 0 Å². The second kappa shape index (κ2) is 3.85. The highest BCUT2D eigenvalue weighted by atomic mass is 79.9. The van der Waals surface area contributed by atoms with Gasteiger partial charge < -0.3 is 5.73 Å². The minimum atomic E-state index is 0.330. The summed E-state index contributed by atoms with van der Waals surface area (Å²) in [5.41, 5.74) is 6.63. The molecule has 1 heterocycles. The van der Waals surface area contributed by atoms with Crippen LogP contribution in [0.1, 0.15) is 31.2 Å². The summed E-state index contributed by atoms with van der Waals surface area (Å²) >= 11 is 3.31. The van der Waals surface area contributed by atoms with Crippen molar-refractivity contribution < 1.29 is 0 Å². The van der Waals surface area contributed by atoms with Crippen molar-refractivity contribution in [3.63, 3.8) is 0 Å². The normalized spacial score (nSPS) is 10.7. The summed E-state index contributed by atoms with van der Waals surface area (Å²) in [6.07, 6.45) is 1.77. The molecule has 0 fully saturated rings. The van der Waals surface area contributed by atoms with E-state index in [0.717, 1.165) is 11.4 Å². The summed E-state index contributed by atoms with van der Waals surface area (Å²) in [5.74, 6) is 1.71. The van der Waals surface area contributed by atoms with E-state index in [1.54, 1.807) is 6.20 Å². The van der Waals surface area contributed by atoms with Gasteiger partial charge in [0.25, 0.3) is 0 Å². The molecule has 0 amide bonds. The summed E-state index contributed by atoms with van der Waals surface area (Å²) in [4.78, 5) is 8.37. The van der Waals surface area contributed by atoms with Crippen LogP contribution >= 0.6 is 15.9 Å². The van der Waals surface area contributed by atoms with Crippen LogP contribution in [0.5, 0.6) is 0 Å². The average molecular weight is 230 g/mol. The quantitative estimate of drug-likeness (QED) is 0.791. The van der Waals surface area contributed by atoms with Crippen LogP contribution in [0.2, 0.25) is 0 Å². The lowest BCUT2D eigenvalue weighted by Gasteiger charge is -2.05. The smallest absolute Gasteiger partial charge is 0.133 e. The minimum Gasteiger partial charge on any atom is -0.383 e. The van der Waals surface area contributed by atoms with Gasteiger partial charge in [0, 0.05) is 23.0 Å². The molecule has 1 aromatic rings. The molecule has 2 N–H and O–H groups in total. The van der Waals surface area contributed by atoms with Crippen molar-refractivity contribution in [1.82, 2.24) is 9.97 Å². The molecule has 0 aliphatic carbocycles. The maximum absolute atomic E-state index is 5.69. The third-order valence-electron chi connectivity index (χ3n) is 1.58. The third-order valence-corrected chi connectivity index (χ3v) is 2.18. The molecule has 0 spiro atoms. The third kappa shape index (κ3) is 1.94. The van der Waals surface area contributed by atoms with E-state index in [9.17, 15) is 0 Å². The number of nitrogens with zero attached hydrogens (tertiary/aromatic N) is 2. The van der Waals surface area contributed by atoms with E-state index in [2.05, 4.69) is 25.9 Å². The van der Waals surface area contributed by atoms with Gasteiger partial charge in [-0.15, -0.1) is 0 Å². The Hall–Kier alpha value is -0.640. The molecule has 0 aromatic carbocycles. The number of hydrogen-bond acceptors (Lipinski definition) is 3. The molecular formula is C8H12BrN3. The number of halogens is 1. The van der Waals surface area contributed by atoms with Gasteiger partial charge in [0.15, 0.2) is 0 Å². The molecule has 0 unspecified atom stereocenters. The Morgan fingerprint density at radius 2 is 2.25 bits per heavy atom. The molecule has 0 saturated heterocycles. The zero-order chi connectivity index (χ0) is 9.14. The Morgan fingerprint density at radius 1 is 1.58 bits per heavy atom. The Labute approximate surface area is 80.5 Å². The predicted molar refractivity (Wildman–Crippen MR) is 53.2 cm³/mol. The van der Waals surface area contributed by atoms with Crippen LogP contribution in [0.15, 0.2) is 6.20 Å². The van der Waals surface area contributed by atoms with Gasteiger partial charge in [0.1, 0.15) is 11.6 Å². The van der Waals surface area contributed by atoms with Crippen molar-refractivity contribution in [3.05, 3.63) is 17.6 Å². The number of nitrogens with two attached hydrogens (primary N) is 1. The summed E-state index contributed by atoms with van der Waals surface area (Å²) < 4.78 is 0. The van der Waals surface area contributed by atoms with E-state index >= 15 is 0 Å². The number of anilines is 1. The van der Waals surface area contributed by atoms with Gasteiger partial charge >= 0.3 is 0 Å². The Morgan fingerprint density at radius 3 is 2.67 bits per heavy atom. The number of rotatable bonds is 2. The molecule has 0 aliphatic rings. The topological polar surface area (TPSA) is 51.8 Å². The van der Waals surface area contributed by atoms with Crippen molar-refractivity contribution in [2.24, 2.45) is 0 Å². The lowest BCUT2D eigenvalue weighted by atomic mass is 10.2. The maximum Gasteiger partial charge on any atom is 0.133 e. The van der Waals surface area contributed by atoms with Crippen molar-refractivity contribution in [1.29, 1.82) is 0 Å². The summed E-state index contributed by atoms with van der Waals surface area (Å²) in [6.45, 7) is 4.09. The highest BCUT2D eigenvalue weighted by Crippen LogP contribution is 2.15. The lowest BCUT2D eigenvalue weighted by molar-refractivity contribution is 0.774. The fourth-order valence-corrected chi connectivity index (χ4v) is 1.25. The largest absolute Gasteiger partial charge is 0.383 e. The van der Waals surface area contributed by atoms with Crippen LogP contribution in [0.3, 0.4) is 0 Å². The number of aromatic nitrogens is 2. The first-order chi connectivity index (χ1) is 5.65. The number of nitrogen functional groups attached to an aromatic ring is 1. The van der Waals surface area contributed by atoms with Crippen LogP contribution in [0.25, 0.3) is 0 Å². The van der Waals surface area contributed by atoms with Crippen molar-refractivity contribution >= 4 is 21.7 Å². The molecule has 3 nitrogen and oxygen atoms in total. The van der Waals surface area contributed by atoms with E-state index in [4.69, 9.17) is 5.73 Å². The Kier molecular flexibility index (Phi) is 3.03. The minimum absolute atomic E-state index is 0.330. The zero-order valence-corrected chi connectivity index (χ0v) is 8.80. The van der Waals surface area contributed by atoms with E-state index in [1.165, 1.54) is 0 Å². The first-order valence-electron chi connectivity index (χ1n) is 3.82. The molecule has 66 valence electrons. The summed E-state index contributed by atoms with van der Waals surface area (Å²) in [5, 5.41) is 0.706. The van der Waals surface area contributed by atoms with Crippen molar-refractivity contribution in [3.8, 4) is 0 Å². The maximum atomic E-state index is 5.69. The first-order valence-corrected chi connectivity index (χ1v) is 4.94. The monoisotopic (exact) mass is 229 g/mol. The van der Waals surface area contributed by atoms with E-state index in [0.29, 0.717) is 17.1 Å². The van der Waals surface area contributed by atoms with Gasteiger partial charge in [-0.3, -0.25) is 0 Å². The summed E-state index contributed by atoms with van der Waals surface area (Å²) in [6, 6.07) is 0. The van der Waals surface area contributed by atoms with Crippen LogP contribution in [0.4, 0.5) is 5.82 Å². The number of hydrogen-bond donors (Lipinski definition) is 1. The molecular weight excluding hydrogens is 218 g/mol. The van der Waals surface area contributed by atoms with Gasteiger partial charge in [-0.1, -0.05) is 29.8 Å². The molecule has 0 atom stereocenters. The van der Waals surface area contributed by atoms with Crippen molar-refractivity contribution in [2.75, 3.05) is 5.73 Å². The molecule has 1 rings (SSSR count). The predicted octanol–water partition coefficient (Wildman–Crippen LogP) is 2.08. The molecule has 12 heavy (non-hydrogen) atoms. The van der Waals surface area contributed by atoms with Crippen LogP contribution in [-0.4, -0.2) is 9.97 Å². The lowest BCUT2D eigenvalue weighted by Crippen LogP contribution is -2.03.